The summed E-state index contributed by atoms with van der Waals surface area (Å²) in [5.41, 5.74) is -0.311. The van der Waals surface area contributed by atoms with E-state index in [4.69, 9.17) is 0 Å². The van der Waals surface area contributed by atoms with Gasteiger partial charge in [-0.2, -0.15) is 0 Å². The van der Waals surface area contributed by atoms with Crippen LogP contribution in [-0.4, -0.2) is 38.0 Å². The lowest BCUT2D eigenvalue weighted by atomic mass is 9.75. The molecule has 1 aliphatic rings. The first-order valence-electron chi connectivity index (χ1n) is 7.68. The minimum absolute atomic E-state index is 0.0377. The van der Waals surface area contributed by atoms with E-state index in [-0.39, 0.29) is 17.2 Å². The van der Waals surface area contributed by atoms with E-state index in [1.807, 2.05) is 0 Å². The summed E-state index contributed by atoms with van der Waals surface area (Å²) < 4.78 is 0. The number of rotatable bonds is 6. The van der Waals surface area contributed by atoms with Crippen molar-refractivity contribution in [3.05, 3.63) is 0 Å². The molecule has 1 atom stereocenters. The largest absolute Gasteiger partial charge is 0.357 e. The highest BCUT2D eigenvalue weighted by atomic mass is 16.2. The molecule has 0 spiro atoms. The van der Waals surface area contributed by atoms with Crippen molar-refractivity contribution in [2.24, 2.45) is 11.3 Å². The average Bonchev–Trinajstić information content (AvgIpc) is 2.45. The van der Waals surface area contributed by atoms with Crippen molar-refractivity contribution in [3.63, 3.8) is 0 Å². The summed E-state index contributed by atoms with van der Waals surface area (Å²) in [6, 6.07) is -0.425. The molecule has 0 radical (unpaired) electrons. The molecule has 0 bridgehead atoms. The summed E-state index contributed by atoms with van der Waals surface area (Å²) in [5.74, 6) is 0.297. The Balaban J connectivity index is 2.75. The van der Waals surface area contributed by atoms with Crippen LogP contribution in [0.4, 0.5) is 0 Å². The van der Waals surface area contributed by atoms with Crippen molar-refractivity contribution in [2.75, 3.05) is 20.1 Å². The van der Waals surface area contributed by atoms with E-state index >= 15 is 0 Å². The van der Waals surface area contributed by atoms with Gasteiger partial charge >= 0.3 is 0 Å². The Bertz CT molecular complexity index is 336. The normalized spacial score (nSPS) is 19.4. The van der Waals surface area contributed by atoms with Crippen LogP contribution in [0, 0.1) is 11.3 Å². The van der Waals surface area contributed by atoms with Gasteiger partial charge in [-0.3, -0.25) is 9.59 Å². The Kier molecular flexibility index (Phi) is 6.46. The lowest BCUT2D eigenvalue weighted by Gasteiger charge is -2.36. The molecule has 3 N–H and O–H groups in total. The quantitative estimate of drug-likeness (QED) is 0.682. The highest BCUT2D eigenvalue weighted by Gasteiger charge is 2.39. The molecule has 1 heterocycles. The number of hydrogen-bond acceptors (Lipinski definition) is 3. The van der Waals surface area contributed by atoms with Gasteiger partial charge in [-0.1, -0.05) is 20.8 Å². The topological polar surface area (TPSA) is 70.2 Å². The molecule has 1 fully saturated rings. The predicted octanol–water partition coefficient (Wildman–Crippen LogP) is 1.04. The van der Waals surface area contributed by atoms with E-state index in [1.165, 1.54) is 0 Å². The van der Waals surface area contributed by atoms with Crippen molar-refractivity contribution in [2.45, 2.75) is 52.5 Å². The third-order valence-electron chi connectivity index (χ3n) is 4.29. The van der Waals surface area contributed by atoms with Gasteiger partial charge in [0.25, 0.3) is 0 Å². The van der Waals surface area contributed by atoms with Crippen LogP contribution in [0.15, 0.2) is 0 Å². The van der Waals surface area contributed by atoms with Gasteiger partial charge in [-0.15, -0.1) is 0 Å². The maximum atomic E-state index is 12.6. The fraction of sp³-hybridized carbons (Fsp3) is 0.867. The van der Waals surface area contributed by atoms with E-state index in [2.05, 4.69) is 36.7 Å². The lowest BCUT2D eigenvalue weighted by molar-refractivity contribution is -0.137. The Hall–Kier alpha value is -1.10. The molecule has 1 aliphatic heterocycles. The summed E-state index contributed by atoms with van der Waals surface area (Å²) in [7, 11) is 1.61. The molecular weight excluding hydrogens is 254 g/mol. The minimum Gasteiger partial charge on any atom is -0.357 e. The average molecular weight is 283 g/mol. The van der Waals surface area contributed by atoms with Crippen LogP contribution in [0.25, 0.3) is 0 Å². The maximum Gasteiger partial charge on any atom is 0.242 e. The van der Waals surface area contributed by atoms with E-state index in [0.717, 1.165) is 32.4 Å². The second-order valence-electron chi connectivity index (χ2n) is 6.15. The Morgan fingerprint density at radius 2 is 1.85 bits per heavy atom. The van der Waals surface area contributed by atoms with E-state index in [1.54, 1.807) is 7.05 Å². The van der Waals surface area contributed by atoms with Crippen LogP contribution in [0.2, 0.25) is 0 Å². The van der Waals surface area contributed by atoms with Crippen LogP contribution < -0.4 is 16.0 Å². The summed E-state index contributed by atoms with van der Waals surface area (Å²) >= 11 is 0. The third-order valence-corrected chi connectivity index (χ3v) is 4.29. The van der Waals surface area contributed by atoms with E-state index in [9.17, 15) is 9.59 Å². The van der Waals surface area contributed by atoms with Gasteiger partial charge in [0, 0.05) is 7.05 Å². The summed E-state index contributed by atoms with van der Waals surface area (Å²) in [4.78, 5) is 24.6. The monoisotopic (exact) mass is 283 g/mol. The van der Waals surface area contributed by atoms with Gasteiger partial charge in [0.15, 0.2) is 0 Å². The molecule has 1 unspecified atom stereocenters. The van der Waals surface area contributed by atoms with Crippen molar-refractivity contribution >= 4 is 11.8 Å². The van der Waals surface area contributed by atoms with Crippen LogP contribution in [0.1, 0.15) is 46.5 Å². The van der Waals surface area contributed by atoms with E-state index < -0.39 is 6.04 Å². The number of carbonyl (C=O) groups is 2. The smallest absolute Gasteiger partial charge is 0.242 e. The van der Waals surface area contributed by atoms with Crippen molar-refractivity contribution in [1.82, 2.24) is 16.0 Å². The molecule has 0 aliphatic carbocycles. The lowest BCUT2D eigenvalue weighted by Crippen LogP contribution is -2.53. The first-order valence-corrected chi connectivity index (χ1v) is 7.68. The predicted molar refractivity (Wildman–Crippen MR) is 80.3 cm³/mol. The molecule has 1 saturated heterocycles. The zero-order valence-electron chi connectivity index (χ0n) is 13.2. The second kappa shape index (κ2) is 7.62. The van der Waals surface area contributed by atoms with Gasteiger partial charge in [0.2, 0.25) is 11.8 Å². The number of piperidine rings is 1. The first-order chi connectivity index (χ1) is 9.45. The second-order valence-corrected chi connectivity index (χ2v) is 6.15. The van der Waals surface area contributed by atoms with Gasteiger partial charge in [-0.25, -0.2) is 0 Å². The first kappa shape index (κ1) is 17.0. The zero-order chi connectivity index (χ0) is 15.2. The highest BCUT2D eigenvalue weighted by Crippen LogP contribution is 2.32. The molecule has 2 amide bonds. The SMILES string of the molecule is CCC1(C(=O)NC(CC(C)C)C(=O)NC)CCNCC1. The van der Waals surface area contributed by atoms with Gasteiger partial charge in [-0.05, 0) is 44.7 Å². The highest BCUT2D eigenvalue weighted by molar-refractivity contribution is 5.90. The van der Waals surface area contributed by atoms with Crippen molar-refractivity contribution in [3.8, 4) is 0 Å². The molecule has 5 nitrogen and oxygen atoms in total. The molecule has 0 aromatic heterocycles. The van der Waals surface area contributed by atoms with Crippen LogP contribution in [0.3, 0.4) is 0 Å². The Morgan fingerprint density at radius 3 is 2.30 bits per heavy atom. The Morgan fingerprint density at radius 1 is 1.25 bits per heavy atom. The molecule has 0 aromatic rings. The number of nitrogens with one attached hydrogen (secondary N) is 3. The molecule has 1 rings (SSSR count). The Labute approximate surface area is 122 Å². The third kappa shape index (κ3) is 4.20. The standard InChI is InChI=1S/C15H29N3O2/c1-5-15(6-8-17-9-7-15)14(20)18-12(10-11(2)3)13(19)16-4/h11-12,17H,5-10H2,1-4H3,(H,16,19)(H,18,20). The van der Waals surface area contributed by atoms with Gasteiger partial charge in [0.1, 0.15) is 6.04 Å². The molecule has 116 valence electrons. The maximum absolute atomic E-state index is 12.6. The molecule has 0 aromatic carbocycles. The number of hydrogen-bond donors (Lipinski definition) is 3. The van der Waals surface area contributed by atoms with Crippen molar-refractivity contribution in [1.29, 1.82) is 0 Å². The van der Waals surface area contributed by atoms with E-state index in [0.29, 0.717) is 12.3 Å². The van der Waals surface area contributed by atoms with Crippen LogP contribution in [-0.2, 0) is 9.59 Å². The summed E-state index contributed by atoms with van der Waals surface area (Å²) in [6.45, 7) is 7.92. The molecule has 0 saturated carbocycles. The molecule has 5 heteroatoms. The van der Waals surface area contributed by atoms with Gasteiger partial charge in [0.05, 0.1) is 5.41 Å². The summed E-state index contributed by atoms with van der Waals surface area (Å²) in [6.07, 6.45) is 3.18. The zero-order valence-corrected chi connectivity index (χ0v) is 13.2. The number of carbonyl (C=O) groups excluding carboxylic acids is 2. The molecule has 20 heavy (non-hydrogen) atoms. The minimum atomic E-state index is -0.425. The summed E-state index contributed by atoms with van der Waals surface area (Å²) in [5, 5.41) is 8.91. The van der Waals surface area contributed by atoms with Crippen molar-refractivity contribution < 1.29 is 9.59 Å². The van der Waals surface area contributed by atoms with Crippen LogP contribution in [0.5, 0.6) is 0 Å². The van der Waals surface area contributed by atoms with Gasteiger partial charge < -0.3 is 16.0 Å². The molecular formula is C15H29N3O2. The fourth-order valence-corrected chi connectivity index (χ4v) is 2.83. The van der Waals surface area contributed by atoms with Crippen LogP contribution >= 0.6 is 0 Å². The fourth-order valence-electron chi connectivity index (χ4n) is 2.83. The number of likely N-dealkylation sites (N-methyl/N-ethyl adjacent to an activating group) is 1. The number of amides is 2.